The van der Waals surface area contributed by atoms with Crippen molar-refractivity contribution in [2.24, 2.45) is 0 Å². The van der Waals surface area contributed by atoms with Crippen LogP contribution >= 0.6 is 0 Å². The molecule has 1 saturated heterocycles. The van der Waals surface area contributed by atoms with Gasteiger partial charge in [0.25, 0.3) is 0 Å². The molecule has 1 aromatic carbocycles. The standard InChI is InChI=1S/C24H30N6O/c1-25-19-3-5-20(6-4-19)29-24-22-13-17(2-7-23(22)27-16-28-24)18-12-21(15-26-14-18)30-8-10-31-11-9-30/h2,7,12-16,19-20,25H,3-6,8-11H2,1H3,(H,27,28,29). The first-order valence-electron chi connectivity index (χ1n) is 11.3. The van der Waals surface area contributed by atoms with E-state index in [1.165, 1.54) is 12.8 Å². The van der Waals surface area contributed by atoms with E-state index in [9.17, 15) is 0 Å². The van der Waals surface area contributed by atoms with Gasteiger partial charge in [0.1, 0.15) is 12.1 Å². The van der Waals surface area contributed by atoms with E-state index >= 15 is 0 Å². The van der Waals surface area contributed by atoms with E-state index in [1.54, 1.807) is 6.33 Å². The zero-order valence-corrected chi connectivity index (χ0v) is 18.1. The smallest absolute Gasteiger partial charge is 0.137 e. The molecule has 0 bridgehead atoms. The number of nitrogens with zero attached hydrogens (tertiary/aromatic N) is 4. The lowest BCUT2D eigenvalue weighted by Crippen LogP contribution is -2.36. The predicted octanol–water partition coefficient (Wildman–Crippen LogP) is 3.47. The third-order valence-electron chi connectivity index (χ3n) is 6.54. The van der Waals surface area contributed by atoms with Gasteiger partial charge in [-0.3, -0.25) is 4.98 Å². The van der Waals surface area contributed by atoms with Crippen LogP contribution in [-0.4, -0.2) is 60.4 Å². The van der Waals surface area contributed by atoms with E-state index in [4.69, 9.17) is 4.74 Å². The largest absolute Gasteiger partial charge is 0.378 e. The average molecular weight is 419 g/mol. The highest BCUT2D eigenvalue weighted by Gasteiger charge is 2.21. The quantitative estimate of drug-likeness (QED) is 0.657. The van der Waals surface area contributed by atoms with Crippen molar-refractivity contribution in [3.05, 3.63) is 43.0 Å². The number of hydrogen-bond acceptors (Lipinski definition) is 7. The summed E-state index contributed by atoms with van der Waals surface area (Å²) in [6.45, 7) is 3.34. The van der Waals surface area contributed by atoms with Gasteiger partial charge in [-0.25, -0.2) is 9.97 Å². The third kappa shape index (κ3) is 4.48. The summed E-state index contributed by atoms with van der Waals surface area (Å²) in [5.74, 6) is 0.928. The number of anilines is 2. The number of benzene rings is 1. The molecule has 3 aromatic rings. The Morgan fingerprint density at radius 1 is 0.935 bits per heavy atom. The summed E-state index contributed by atoms with van der Waals surface area (Å²) in [6.07, 6.45) is 10.2. The predicted molar refractivity (Wildman–Crippen MR) is 125 cm³/mol. The number of rotatable bonds is 5. The van der Waals surface area contributed by atoms with E-state index in [-0.39, 0.29) is 0 Å². The first-order valence-corrected chi connectivity index (χ1v) is 11.3. The number of nitrogens with one attached hydrogen (secondary N) is 2. The van der Waals surface area contributed by atoms with Gasteiger partial charge in [-0.1, -0.05) is 6.07 Å². The Morgan fingerprint density at radius 2 is 1.74 bits per heavy atom. The SMILES string of the molecule is CNC1CCC(Nc2ncnc3ccc(-c4cncc(N5CCOCC5)c4)cc23)CC1. The summed E-state index contributed by atoms with van der Waals surface area (Å²) in [4.78, 5) is 15.9. The normalized spacial score (nSPS) is 21.9. The van der Waals surface area contributed by atoms with Gasteiger partial charge in [-0.2, -0.15) is 0 Å². The number of fused-ring (bicyclic) bond motifs is 1. The number of ether oxygens (including phenoxy) is 1. The summed E-state index contributed by atoms with van der Waals surface area (Å²) in [5.41, 5.74) is 4.34. The van der Waals surface area contributed by atoms with E-state index in [0.717, 1.165) is 72.7 Å². The Kier molecular flexibility index (Phi) is 5.95. The Hall–Kier alpha value is -2.77. The fraction of sp³-hybridized carbons (Fsp3) is 0.458. The van der Waals surface area contributed by atoms with Crippen molar-refractivity contribution in [2.45, 2.75) is 37.8 Å². The Balaban J connectivity index is 1.41. The van der Waals surface area contributed by atoms with E-state index in [2.05, 4.69) is 61.8 Å². The summed E-state index contributed by atoms with van der Waals surface area (Å²) < 4.78 is 5.49. The molecule has 31 heavy (non-hydrogen) atoms. The lowest BCUT2D eigenvalue weighted by molar-refractivity contribution is 0.122. The fourth-order valence-electron chi connectivity index (χ4n) is 4.65. The summed E-state index contributed by atoms with van der Waals surface area (Å²) >= 11 is 0. The molecule has 2 aliphatic rings. The van der Waals surface area contributed by atoms with Gasteiger partial charge in [0.05, 0.1) is 30.6 Å². The van der Waals surface area contributed by atoms with Crippen molar-refractivity contribution in [1.82, 2.24) is 20.3 Å². The van der Waals surface area contributed by atoms with E-state index < -0.39 is 0 Å². The van der Waals surface area contributed by atoms with Crippen LogP contribution in [-0.2, 0) is 4.74 Å². The Labute approximate surface area is 183 Å². The molecule has 7 heteroatoms. The Bertz CT molecular complexity index is 1030. The van der Waals surface area contributed by atoms with Crippen molar-refractivity contribution in [1.29, 1.82) is 0 Å². The highest BCUT2D eigenvalue weighted by molar-refractivity contribution is 5.92. The molecule has 0 spiro atoms. The van der Waals surface area contributed by atoms with Crippen LogP contribution in [0.1, 0.15) is 25.7 Å². The molecule has 7 nitrogen and oxygen atoms in total. The topological polar surface area (TPSA) is 75.2 Å². The molecule has 2 aromatic heterocycles. The minimum atomic E-state index is 0.456. The number of aromatic nitrogens is 3. The lowest BCUT2D eigenvalue weighted by atomic mass is 9.91. The monoisotopic (exact) mass is 418 g/mol. The van der Waals surface area contributed by atoms with Gasteiger partial charge in [0, 0.05) is 42.3 Å². The second-order valence-electron chi connectivity index (χ2n) is 8.47. The molecule has 0 amide bonds. The molecule has 0 atom stereocenters. The lowest BCUT2D eigenvalue weighted by Gasteiger charge is -2.29. The molecule has 3 heterocycles. The number of pyridine rings is 1. The van der Waals surface area contributed by atoms with Gasteiger partial charge in [0.15, 0.2) is 0 Å². The van der Waals surface area contributed by atoms with Crippen molar-refractivity contribution in [3.8, 4) is 11.1 Å². The van der Waals surface area contributed by atoms with Crippen molar-refractivity contribution < 1.29 is 4.74 Å². The molecular weight excluding hydrogens is 388 g/mol. The second kappa shape index (κ2) is 9.16. The average Bonchev–Trinajstić information content (AvgIpc) is 2.85. The first kappa shape index (κ1) is 20.2. The summed E-state index contributed by atoms with van der Waals surface area (Å²) in [6, 6.07) is 9.70. The number of hydrogen-bond donors (Lipinski definition) is 2. The number of morpholine rings is 1. The maximum atomic E-state index is 5.49. The first-order chi connectivity index (χ1) is 15.3. The van der Waals surface area contributed by atoms with Crippen LogP contribution in [0.4, 0.5) is 11.5 Å². The highest BCUT2D eigenvalue weighted by Crippen LogP contribution is 2.30. The van der Waals surface area contributed by atoms with Crippen molar-refractivity contribution in [3.63, 3.8) is 0 Å². The van der Waals surface area contributed by atoms with Crippen molar-refractivity contribution in [2.75, 3.05) is 43.6 Å². The van der Waals surface area contributed by atoms with Crippen LogP contribution in [0, 0.1) is 0 Å². The molecule has 162 valence electrons. The van der Waals surface area contributed by atoms with Crippen LogP contribution in [0.5, 0.6) is 0 Å². The van der Waals surface area contributed by atoms with Crippen LogP contribution in [0.3, 0.4) is 0 Å². The van der Waals surface area contributed by atoms with Gasteiger partial charge in [-0.15, -0.1) is 0 Å². The third-order valence-corrected chi connectivity index (χ3v) is 6.54. The fourth-order valence-corrected chi connectivity index (χ4v) is 4.65. The van der Waals surface area contributed by atoms with Crippen LogP contribution in [0.15, 0.2) is 43.0 Å². The minimum absolute atomic E-state index is 0.456. The summed E-state index contributed by atoms with van der Waals surface area (Å²) in [5, 5.41) is 8.16. The van der Waals surface area contributed by atoms with Gasteiger partial charge in [-0.05, 0) is 56.5 Å². The van der Waals surface area contributed by atoms with Crippen molar-refractivity contribution >= 4 is 22.4 Å². The van der Waals surface area contributed by atoms with Gasteiger partial charge >= 0.3 is 0 Å². The van der Waals surface area contributed by atoms with E-state index in [0.29, 0.717) is 12.1 Å². The molecule has 0 unspecified atom stereocenters. The summed E-state index contributed by atoms with van der Waals surface area (Å²) in [7, 11) is 2.06. The highest BCUT2D eigenvalue weighted by atomic mass is 16.5. The second-order valence-corrected chi connectivity index (χ2v) is 8.47. The van der Waals surface area contributed by atoms with Crippen LogP contribution in [0.2, 0.25) is 0 Å². The molecule has 1 aliphatic heterocycles. The molecule has 2 N–H and O–H groups in total. The molecule has 1 aliphatic carbocycles. The molecular formula is C24H30N6O. The molecule has 5 rings (SSSR count). The molecule has 1 saturated carbocycles. The van der Waals surface area contributed by atoms with Crippen LogP contribution < -0.4 is 15.5 Å². The zero-order chi connectivity index (χ0) is 21.0. The molecule has 2 fully saturated rings. The van der Waals surface area contributed by atoms with Crippen LogP contribution in [0.25, 0.3) is 22.0 Å². The molecule has 0 radical (unpaired) electrons. The Morgan fingerprint density at radius 3 is 2.55 bits per heavy atom. The maximum Gasteiger partial charge on any atom is 0.137 e. The zero-order valence-electron chi connectivity index (χ0n) is 18.1. The van der Waals surface area contributed by atoms with Gasteiger partial charge < -0.3 is 20.3 Å². The van der Waals surface area contributed by atoms with Gasteiger partial charge in [0.2, 0.25) is 0 Å². The maximum absolute atomic E-state index is 5.49. The minimum Gasteiger partial charge on any atom is -0.378 e. The van der Waals surface area contributed by atoms with E-state index in [1.807, 2.05) is 12.4 Å².